The maximum absolute atomic E-state index is 10.9. The minimum atomic E-state index is -0.387. The van der Waals surface area contributed by atoms with E-state index in [4.69, 9.17) is 17.1 Å². The third kappa shape index (κ3) is 1.89. The molecule has 2 rings (SSSR count). The van der Waals surface area contributed by atoms with Crippen molar-refractivity contribution >= 4 is 29.1 Å². The van der Waals surface area contributed by atoms with Gasteiger partial charge in [-0.1, -0.05) is 30.4 Å². The summed E-state index contributed by atoms with van der Waals surface area (Å²) in [6, 6.07) is 11.2. The molecule has 1 aromatic carbocycles. The molecule has 0 bridgehead atoms. The first-order chi connectivity index (χ1) is 7.18. The van der Waals surface area contributed by atoms with Gasteiger partial charge in [0.2, 0.25) is 0 Å². The zero-order valence-corrected chi connectivity index (χ0v) is 8.95. The summed E-state index contributed by atoms with van der Waals surface area (Å²) >= 11 is 5.08. The molecule has 0 saturated carbocycles. The molecule has 0 amide bonds. The van der Waals surface area contributed by atoms with Crippen LogP contribution in [0.3, 0.4) is 0 Å². The fourth-order valence-corrected chi connectivity index (χ4v) is 1.59. The Morgan fingerprint density at radius 1 is 1.27 bits per heavy atom. The number of benzene rings is 1. The number of aromatic nitrogens is 1. The molecule has 0 atom stereocenters. The van der Waals surface area contributed by atoms with Crippen molar-refractivity contribution in [2.24, 2.45) is 0 Å². The first-order valence-electron chi connectivity index (χ1n) is 4.48. The molecule has 3 nitrogen and oxygen atoms in total. The Bertz CT molecular complexity index is 574. The van der Waals surface area contributed by atoms with E-state index >= 15 is 0 Å². The summed E-state index contributed by atoms with van der Waals surface area (Å²) in [7, 11) is 0. The van der Waals surface area contributed by atoms with Gasteiger partial charge in [0, 0.05) is 12.3 Å². The van der Waals surface area contributed by atoms with Crippen LogP contribution in [0, 0.1) is 4.64 Å². The second-order valence-corrected chi connectivity index (χ2v) is 3.53. The Morgan fingerprint density at radius 3 is 2.73 bits per heavy atom. The Morgan fingerprint density at radius 2 is 2.00 bits per heavy atom. The van der Waals surface area contributed by atoms with Gasteiger partial charge in [-0.05, 0) is 18.2 Å². The maximum Gasteiger partial charge on any atom is 0.329 e. The van der Waals surface area contributed by atoms with Crippen molar-refractivity contribution in [1.29, 1.82) is 0 Å². The van der Waals surface area contributed by atoms with Gasteiger partial charge in [-0.2, -0.15) is 4.73 Å². The fourth-order valence-electron chi connectivity index (χ4n) is 1.38. The van der Waals surface area contributed by atoms with Crippen molar-refractivity contribution in [1.82, 2.24) is 4.73 Å². The molecule has 0 saturated heterocycles. The summed E-state index contributed by atoms with van der Waals surface area (Å²) in [5.74, 6) is -0.387. The summed E-state index contributed by atoms with van der Waals surface area (Å²) in [6.07, 6.45) is 0. The molecule has 0 aliphatic carbocycles. The number of hydrogen-bond donors (Lipinski definition) is 0. The highest BCUT2D eigenvalue weighted by molar-refractivity contribution is 7.71. The van der Waals surface area contributed by atoms with Gasteiger partial charge >= 0.3 is 5.97 Å². The first-order valence-corrected chi connectivity index (χ1v) is 4.89. The molecule has 0 radical (unpaired) electrons. The van der Waals surface area contributed by atoms with Crippen LogP contribution in [0.15, 0.2) is 36.4 Å². The molecular formula is C11H9NO2S. The van der Waals surface area contributed by atoms with E-state index in [9.17, 15) is 4.79 Å². The smallest absolute Gasteiger partial charge is 0.329 e. The molecule has 0 spiro atoms. The lowest BCUT2D eigenvalue weighted by Gasteiger charge is -2.08. The van der Waals surface area contributed by atoms with E-state index in [-0.39, 0.29) is 5.97 Å². The van der Waals surface area contributed by atoms with Crippen LogP contribution in [0.5, 0.6) is 0 Å². The summed E-state index contributed by atoms with van der Waals surface area (Å²) in [6.45, 7) is 1.35. The van der Waals surface area contributed by atoms with Crippen LogP contribution in [0.2, 0.25) is 0 Å². The van der Waals surface area contributed by atoms with Crippen LogP contribution in [-0.2, 0) is 4.79 Å². The highest BCUT2D eigenvalue weighted by atomic mass is 32.1. The van der Waals surface area contributed by atoms with Crippen LogP contribution in [-0.4, -0.2) is 10.7 Å². The number of hydrogen-bond acceptors (Lipinski definition) is 3. The zero-order valence-electron chi connectivity index (χ0n) is 8.14. The molecule has 76 valence electrons. The Labute approximate surface area is 91.9 Å². The standard InChI is InChI=1S/C11H9NO2S/c1-8(13)14-12-10-5-3-2-4-9(10)6-7-11(12)15/h2-7H,1H3. The normalized spacial score (nSPS) is 10.2. The number of nitrogens with zero attached hydrogens (tertiary/aromatic N) is 1. The first kappa shape index (κ1) is 9.86. The average molecular weight is 219 g/mol. The van der Waals surface area contributed by atoms with Crippen LogP contribution < -0.4 is 4.84 Å². The van der Waals surface area contributed by atoms with Gasteiger partial charge < -0.3 is 4.84 Å². The largest absolute Gasteiger partial charge is 0.335 e. The van der Waals surface area contributed by atoms with E-state index in [1.807, 2.05) is 30.3 Å². The van der Waals surface area contributed by atoms with E-state index in [2.05, 4.69) is 0 Å². The predicted molar refractivity (Wildman–Crippen MR) is 60.0 cm³/mol. The van der Waals surface area contributed by atoms with Gasteiger partial charge in [0.15, 0.2) is 0 Å². The fraction of sp³-hybridized carbons (Fsp3) is 0.0909. The van der Waals surface area contributed by atoms with E-state index in [1.54, 1.807) is 6.07 Å². The number of para-hydroxylation sites is 1. The summed E-state index contributed by atoms with van der Waals surface area (Å²) in [5.41, 5.74) is 0.792. The van der Waals surface area contributed by atoms with E-state index in [0.717, 1.165) is 10.9 Å². The number of carbonyl (C=O) groups excluding carboxylic acids is 1. The lowest BCUT2D eigenvalue weighted by Crippen LogP contribution is -2.18. The quantitative estimate of drug-likeness (QED) is 0.690. The maximum atomic E-state index is 10.9. The van der Waals surface area contributed by atoms with Gasteiger partial charge in [-0.15, -0.1) is 0 Å². The second kappa shape index (κ2) is 3.82. The van der Waals surface area contributed by atoms with Gasteiger partial charge in [0.05, 0.1) is 5.52 Å². The molecular weight excluding hydrogens is 210 g/mol. The predicted octanol–water partition coefficient (Wildman–Crippen LogP) is 2.35. The van der Waals surface area contributed by atoms with Gasteiger partial charge in [0.1, 0.15) is 4.64 Å². The topological polar surface area (TPSA) is 31.2 Å². The summed E-state index contributed by atoms with van der Waals surface area (Å²) < 4.78 is 1.84. The third-order valence-electron chi connectivity index (χ3n) is 1.98. The summed E-state index contributed by atoms with van der Waals surface area (Å²) in [4.78, 5) is 16.0. The third-order valence-corrected chi connectivity index (χ3v) is 2.28. The zero-order chi connectivity index (χ0) is 10.8. The van der Waals surface area contributed by atoms with Crippen LogP contribution in [0.25, 0.3) is 10.9 Å². The molecule has 4 heteroatoms. The van der Waals surface area contributed by atoms with Gasteiger partial charge in [0.25, 0.3) is 0 Å². The minimum Gasteiger partial charge on any atom is -0.335 e. The van der Waals surface area contributed by atoms with Crippen LogP contribution >= 0.6 is 12.2 Å². The lowest BCUT2D eigenvalue weighted by atomic mass is 10.2. The van der Waals surface area contributed by atoms with Crippen molar-refractivity contribution in [3.63, 3.8) is 0 Å². The summed E-state index contributed by atoms with van der Waals surface area (Å²) in [5, 5.41) is 0.979. The molecule has 0 fully saturated rings. The molecule has 1 aromatic heterocycles. The molecule has 15 heavy (non-hydrogen) atoms. The second-order valence-electron chi connectivity index (χ2n) is 3.11. The minimum absolute atomic E-state index is 0.387. The van der Waals surface area contributed by atoms with Crippen LogP contribution in [0.1, 0.15) is 6.92 Å². The SMILES string of the molecule is CC(=O)On1c(=S)ccc2ccccc21. The lowest BCUT2D eigenvalue weighted by molar-refractivity contribution is -0.141. The van der Waals surface area contributed by atoms with Crippen molar-refractivity contribution < 1.29 is 9.63 Å². The van der Waals surface area contributed by atoms with E-state index in [0.29, 0.717) is 4.64 Å². The van der Waals surface area contributed by atoms with Gasteiger partial charge in [-0.25, -0.2) is 4.79 Å². The molecule has 0 aliphatic rings. The molecule has 0 unspecified atom stereocenters. The number of carbonyl (C=O) groups is 1. The highest BCUT2D eigenvalue weighted by Crippen LogP contribution is 2.13. The molecule has 0 aliphatic heterocycles. The molecule has 2 aromatic rings. The number of fused-ring (bicyclic) bond motifs is 1. The Hall–Kier alpha value is -1.68. The average Bonchev–Trinajstić information content (AvgIpc) is 2.22. The Balaban J connectivity index is 2.74. The number of rotatable bonds is 1. The monoisotopic (exact) mass is 219 g/mol. The van der Waals surface area contributed by atoms with Crippen LogP contribution in [0.4, 0.5) is 0 Å². The van der Waals surface area contributed by atoms with Crippen molar-refractivity contribution in [3.05, 3.63) is 41.0 Å². The van der Waals surface area contributed by atoms with Crippen molar-refractivity contribution in [2.75, 3.05) is 0 Å². The van der Waals surface area contributed by atoms with Crippen molar-refractivity contribution in [2.45, 2.75) is 6.92 Å². The molecule has 1 heterocycles. The highest BCUT2D eigenvalue weighted by Gasteiger charge is 2.02. The van der Waals surface area contributed by atoms with Gasteiger partial charge in [-0.3, -0.25) is 0 Å². The van der Waals surface area contributed by atoms with Crippen molar-refractivity contribution in [3.8, 4) is 0 Å². The molecule has 0 N–H and O–H groups in total. The Kier molecular flexibility index (Phi) is 2.51. The van der Waals surface area contributed by atoms with E-state index in [1.165, 1.54) is 11.7 Å². The van der Waals surface area contributed by atoms with E-state index < -0.39 is 0 Å². The number of pyridine rings is 1.